The largest absolute Gasteiger partial charge is 0.310 e. The molecule has 0 aliphatic carbocycles. The lowest BCUT2D eigenvalue weighted by Crippen LogP contribution is -2.36. The maximum absolute atomic E-state index is 14.1. The molecule has 130 valence electrons. The molecule has 0 radical (unpaired) electrons. The van der Waals surface area contributed by atoms with Gasteiger partial charge in [0.05, 0.1) is 17.3 Å². The van der Waals surface area contributed by atoms with Crippen LogP contribution in [0.15, 0.2) is 16.9 Å². The summed E-state index contributed by atoms with van der Waals surface area (Å²) >= 11 is 0. The van der Waals surface area contributed by atoms with Crippen LogP contribution in [0.25, 0.3) is 0 Å². The topological polar surface area (TPSA) is 72.8 Å². The van der Waals surface area contributed by atoms with E-state index in [4.69, 9.17) is 5.26 Å². The number of nitriles is 1. The van der Waals surface area contributed by atoms with E-state index in [9.17, 15) is 13.6 Å². The Kier molecular flexibility index (Phi) is 4.64. The molecule has 2 heterocycles. The first-order chi connectivity index (χ1) is 11.9. The molecule has 0 bridgehead atoms. The second kappa shape index (κ2) is 6.73. The average molecular weight is 344 g/mol. The van der Waals surface area contributed by atoms with Crippen LogP contribution < -0.4 is 5.56 Å². The third-order valence-electron chi connectivity index (χ3n) is 4.37. The van der Waals surface area contributed by atoms with Crippen LogP contribution in [-0.2, 0) is 19.5 Å². The van der Waals surface area contributed by atoms with E-state index in [1.165, 1.54) is 0 Å². The third-order valence-corrected chi connectivity index (χ3v) is 4.37. The van der Waals surface area contributed by atoms with E-state index in [1.807, 2.05) is 18.7 Å². The van der Waals surface area contributed by atoms with Gasteiger partial charge in [-0.3, -0.25) is 9.69 Å². The molecular formula is C18H18F2N4O. The van der Waals surface area contributed by atoms with E-state index in [1.54, 1.807) is 6.07 Å². The standard InChI is InChI=1S/C18H18F2N4O/c1-10(2)17-22-16-9-24(4-3-12(16)18(25)23-17)8-13-14(19)5-11(7-21)6-15(13)20/h5-6,10H,3-4,8-9H2,1-2H3,(H,22,23,25). The lowest BCUT2D eigenvalue weighted by molar-refractivity contribution is 0.233. The highest BCUT2D eigenvalue weighted by molar-refractivity contribution is 5.34. The fraction of sp³-hybridized carbons (Fsp3) is 0.389. The quantitative estimate of drug-likeness (QED) is 0.929. The normalized spacial score (nSPS) is 14.4. The molecule has 2 aromatic rings. The van der Waals surface area contributed by atoms with E-state index < -0.39 is 11.6 Å². The average Bonchev–Trinajstić information content (AvgIpc) is 2.57. The summed E-state index contributed by atoms with van der Waals surface area (Å²) in [6.07, 6.45) is 0.482. The van der Waals surface area contributed by atoms with Crippen LogP contribution in [0, 0.1) is 23.0 Å². The van der Waals surface area contributed by atoms with Crippen LogP contribution in [0.2, 0.25) is 0 Å². The maximum atomic E-state index is 14.1. The van der Waals surface area contributed by atoms with Gasteiger partial charge in [-0.2, -0.15) is 5.26 Å². The summed E-state index contributed by atoms with van der Waals surface area (Å²) in [4.78, 5) is 21.3. The number of nitrogens with one attached hydrogen (secondary N) is 1. The van der Waals surface area contributed by atoms with Crippen molar-refractivity contribution in [3.8, 4) is 6.07 Å². The van der Waals surface area contributed by atoms with Crippen molar-refractivity contribution in [3.63, 3.8) is 0 Å². The second-order valence-electron chi connectivity index (χ2n) is 6.52. The number of nitrogens with zero attached hydrogens (tertiary/aromatic N) is 3. The smallest absolute Gasteiger partial charge is 0.254 e. The lowest BCUT2D eigenvalue weighted by Gasteiger charge is -2.28. The molecule has 3 rings (SSSR count). The van der Waals surface area contributed by atoms with Gasteiger partial charge in [-0.25, -0.2) is 13.8 Å². The number of hydrogen-bond acceptors (Lipinski definition) is 4. The number of rotatable bonds is 3. The first kappa shape index (κ1) is 17.2. The number of H-pyrrole nitrogens is 1. The molecule has 0 saturated heterocycles. The summed E-state index contributed by atoms with van der Waals surface area (Å²) in [6, 6.07) is 3.81. The highest BCUT2D eigenvalue weighted by atomic mass is 19.1. The van der Waals surface area contributed by atoms with Gasteiger partial charge in [-0.15, -0.1) is 0 Å². The first-order valence-electron chi connectivity index (χ1n) is 8.11. The maximum Gasteiger partial charge on any atom is 0.254 e. The molecular weight excluding hydrogens is 326 g/mol. The van der Waals surface area contributed by atoms with Gasteiger partial charge >= 0.3 is 0 Å². The molecule has 0 atom stereocenters. The number of aromatic amines is 1. The highest BCUT2D eigenvalue weighted by Gasteiger charge is 2.23. The van der Waals surface area contributed by atoms with E-state index in [0.717, 1.165) is 12.1 Å². The summed E-state index contributed by atoms with van der Waals surface area (Å²) in [5, 5.41) is 8.77. The predicted molar refractivity (Wildman–Crippen MR) is 87.8 cm³/mol. The highest BCUT2D eigenvalue weighted by Crippen LogP contribution is 2.22. The van der Waals surface area contributed by atoms with Crippen LogP contribution in [0.4, 0.5) is 8.78 Å². The Balaban J connectivity index is 1.87. The van der Waals surface area contributed by atoms with Crippen molar-refractivity contribution in [2.75, 3.05) is 6.54 Å². The van der Waals surface area contributed by atoms with Gasteiger partial charge in [0, 0.05) is 36.7 Å². The molecule has 1 aromatic heterocycles. The summed E-state index contributed by atoms with van der Waals surface area (Å²) in [7, 11) is 0. The van der Waals surface area contributed by atoms with Gasteiger partial charge in [0.2, 0.25) is 0 Å². The van der Waals surface area contributed by atoms with Gasteiger partial charge in [-0.1, -0.05) is 13.8 Å². The predicted octanol–water partition coefficient (Wildman–Crippen LogP) is 2.60. The Morgan fingerprint density at radius 1 is 1.36 bits per heavy atom. The van der Waals surface area contributed by atoms with Crippen molar-refractivity contribution < 1.29 is 8.78 Å². The SMILES string of the molecule is CC(C)c1nc2c(c(=O)[nH]1)CCN(Cc1c(F)cc(C#N)cc1F)C2. The molecule has 1 aromatic carbocycles. The Bertz CT molecular complexity index is 891. The molecule has 0 spiro atoms. The fourth-order valence-corrected chi connectivity index (χ4v) is 2.96. The van der Waals surface area contributed by atoms with E-state index in [2.05, 4.69) is 9.97 Å². The Morgan fingerprint density at radius 3 is 2.64 bits per heavy atom. The number of hydrogen-bond donors (Lipinski definition) is 1. The van der Waals surface area contributed by atoms with Gasteiger partial charge in [0.15, 0.2) is 0 Å². The fourth-order valence-electron chi connectivity index (χ4n) is 2.96. The Labute approximate surface area is 143 Å². The lowest BCUT2D eigenvalue weighted by atomic mass is 10.0. The first-order valence-corrected chi connectivity index (χ1v) is 8.11. The van der Waals surface area contributed by atoms with Crippen LogP contribution in [0.3, 0.4) is 0 Å². The van der Waals surface area contributed by atoms with Gasteiger partial charge in [-0.05, 0) is 18.6 Å². The summed E-state index contributed by atoms with van der Waals surface area (Å²) < 4.78 is 28.2. The van der Waals surface area contributed by atoms with Crippen LogP contribution in [0.5, 0.6) is 0 Å². The van der Waals surface area contributed by atoms with Crippen LogP contribution in [0.1, 0.15) is 48.0 Å². The minimum Gasteiger partial charge on any atom is -0.310 e. The molecule has 0 saturated carbocycles. The minimum absolute atomic E-state index is 0.0440. The number of halogens is 2. The van der Waals surface area contributed by atoms with Crippen LogP contribution >= 0.6 is 0 Å². The summed E-state index contributed by atoms with van der Waals surface area (Å²) in [6.45, 7) is 4.81. The second-order valence-corrected chi connectivity index (χ2v) is 6.52. The molecule has 1 aliphatic heterocycles. The van der Waals surface area contributed by atoms with Crippen molar-refractivity contribution in [1.29, 1.82) is 5.26 Å². The van der Waals surface area contributed by atoms with Crippen LogP contribution in [-0.4, -0.2) is 21.4 Å². The minimum atomic E-state index is -0.732. The van der Waals surface area contributed by atoms with Crippen molar-refractivity contribution in [3.05, 3.63) is 62.3 Å². The molecule has 0 unspecified atom stereocenters. The van der Waals surface area contributed by atoms with Crippen molar-refractivity contribution in [1.82, 2.24) is 14.9 Å². The van der Waals surface area contributed by atoms with Crippen molar-refractivity contribution >= 4 is 0 Å². The summed E-state index contributed by atoms with van der Waals surface area (Å²) in [5.74, 6) is -0.767. The van der Waals surface area contributed by atoms with Gasteiger partial charge < -0.3 is 4.98 Å². The number of fused-ring (bicyclic) bond motifs is 1. The molecule has 1 aliphatic rings. The van der Waals surface area contributed by atoms with E-state index in [0.29, 0.717) is 36.6 Å². The molecule has 0 amide bonds. The molecule has 5 nitrogen and oxygen atoms in total. The van der Waals surface area contributed by atoms with Crippen molar-refractivity contribution in [2.45, 2.75) is 39.3 Å². The third kappa shape index (κ3) is 3.44. The molecule has 1 N–H and O–H groups in total. The zero-order chi connectivity index (χ0) is 18.1. The number of benzene rings is 1. The zero-order valence-electron chi connectivity index (χ0n) is 14.1. The van der Waals surface area contributed by atoms with Gasteiger partial charge in [0.25, 0.3) is 5.56 Å². The Morgan fingerprint density at radius 2 is 2.04 bits per heavy atom. The van der Waals surface area contributed by atoms with Gasteiger partial charge in [0.1, 0.15) is 17.5 Å². The molecule has 25 heavy (non-hydrogen) atoms. The Hall–Kier alpha value is -2.59. The molecule has 0 fully saturated rings. The molecule has 7 heteroatoms. The van der Waals surface area contributed by atoms with Crippen molar-refractivity contribution in [2.24, 2.45) is 0 Å². The zero-order valence-corrected chi connectivity index (χ0v) is 14.1. The van der Waals surface area contributed by atoms with E-state index >= 15 is 0 Å². The number of aromatic nitrogens is 2. The summed E-state index contributed by atoms with van der Waals surface area (Å²) in [5.41, 5.74) is 1.05. The monoisotopic (exact) mass is 344 g/mol. The van der Waals surface area contributed by atoms with E-state index in [-0.39, 0.29) is 29.1 Å².